The van der Waals surface area contributed by atoms with Gasteiger partial charge in [0.2, 0.25) is 0 Å². The molecule has 0 bridgehead atoms. The molecule has 0 atom stereocenters. The van der Waals surface area contributed by atoms with Gasteiger partial charge in [-0.3, -0.25) is 0 Å². The standard InChI is InChI=1S/C24H13Cl2NO/c25-15-7-3-10-18-22(15)14-6-1-2-9-17(14)27(18)19-11-5-13-21-24(19)23-16(26)8-4-12-20(23)28-21/h1-13H. The van der Waals surface area contributed by atoms with Crippen LogP contribution in [0.25, 0.3) is 49.4 Å². The molecule has 0 aliphatic carbocycles. The quantitative estimate of drug-likeness (QED) is 0.273. The predicted octanol–water partition coefficient (Wildman–Crippen LogP) is 7.99. The van der Waals surface area contributed by atoms with E-state index in [1.807, 2.05) is 54.6 Å². The first-order valence-corrected chi connectivity index (χ1v) is 9.77. The van der Waals surface area contributed by atoms with Gasteiger partial charge in [-0.25, -0.2) is 0 Å². The van der Waals surface area contributed by atoms with E-state index in [1.54, 1.807) is 0 Å². The Kier molecular flexibility index (Phi) is 3.31. The molecule has 0 aliphatic heterocycles. The molecule has 0 saturated heterocycles. The van der Waals surface area contributed by atoms with E-state index in [1.165, 1.54) is 0 Å². The molecule has 134 valence electrons. The summed E-state index contributed by atoms with van der Waals surface area (Å²) in [6, 6.07) is 26.2. The summed E-state index contributed by atoms with van der Waals surface area (Å²) >= 11 is 13.2. The summed E-state index contributed by atoms with van der Waals surface area (Å²) in [5.74, 6) is 0. The Bertz CT molecular complexity index is 1540. The molecule has 0 radical (unpaired) electrons. The van der Waals surface area contributed by atoms with Crippen LogP contribution in [0, 0.1) is 0 Å². The van der Waals surface area contributed by atoms with E-state index in [2.05, 4.69) is 28.8 Å². The first kappa shape index (κ1) is 16.1. The van der Waals surface area contributed by atoms with Crippen molar-refractivity contribution in [3.8, 4) is 5.69 Å². The molecular formula is C24H13Cl2NO. The minimum Gasteiger partial charge on any atom is -0.456 e. The number of halogens is 2. The van der Waals surface area contributed by atoms with Crippen LogP contribution in [0.1, 0.15) is 0 Å². The number of hydrogen-bond donors (Lipinski definition) is 0. The van der Waals surface area contributed by atoms with Crippen LogP contribution >= 0.6 is 23.2 Å². The van der Waals surface area contributed by atoms with Crippen LogP contribution < -0.4 is 0 Å². The molecule has 0 N–H and O–H groups in total. The fraction of sp³-hybridized carbons (Fsp3) is 0. The molecule has 28 heavy (non-hydrogen) atoms. The molecule has 4 aromatic carbocycles. The third-order valence-corrected chi connectivity index (χ3v) is 5.97. The van der Waals surface area contributed by atoms with Crippen molar-refractivity contribution in [2.75, 3.05) is 0 Å². The number of rotatable bonds is 1. The van der Waals surface area contributed by atoms with Crippen LogP contribution in [0.5, 0.6) is 0 Å². The fourth-order valence-corrected chi connectivity index (χ4v) is 4.76. The highest BCUT2D eigenvalue weighted by molar-refractivity contribution is 6.39. The summed E-state index contributed by atoms with van der Waals surface area (Å²) < 4.78 is 8.34. The lowest BCUT2D eigenvalue weighted by molar-refractivity contribution is 0.669. The third-order valence-electron chi connectivity index (χ3n) is 5.34. The van der Waals surface area contributed by atoms with Gasteiger partial charge in [0.25, 0.3) is 0 Å². The molecule has 0 saturated carbocycles. The van der Waals surface area contributed by atoms with Crippen molar-refractivity contribution in [2.45, 2.75) is 0 Å². The van der Waals surface area contributed by atoms with E-state index in [9.17, 15) is 0 Å². The smallest absolute Gasteiger partial charge is 0.137 e. The van der Waals surface area contributed by atoms with Gasteiger partial charge in [-0.15, -0.1) is 0 Å². The maximum atomic E-state index is 6.60. The summed E-state index contributed by atoms with van der Waals surface area (Å²) in [7, 11) is 0. The number of fused-ring (bicyclic) bond motifs is 6. The number of furan rings is 1. The number of nitrogens with zero attached hydrogens (tertiary/aromatic N) is 1. The van der Waals surface area contributed by atoms with E-state index < -0.39 is 0 Å². The lowest BCUT2D eigenvalue weighted by Gasteiger charge is -2.10. The fourth-order valence-electron chi connectivity index (χ4n) is 4.23. The Morgan fingerprint density at radius 1 is 0.571 bits per heavy atom. The van der Waals surface area contributed by atoms with Crippen LogP contribution in [0.4, 0.5) is 0 Å². The van der Waals surface area contributed by atoms with Crippen LogP contribution in [0.3, 0.4) is 0 Å². The minimum absolute atomic E-state index is 0.683. The normalized spacial score (nSPS) is 11.9. The highest BCUT2D eigenvalue weighted by atomic mass is 35.5. The maximum absolute atomic E-state index is 6.60. The first-order valence-electron chi connectivity index (χ1n) is 9.02. The average Bonchev–Trinajstić information content (AvgIpc) is 3.25. The average molecular weight is 402 g/mol. The van der Waals surface area contributed by atoms with Gasteiger partial charge < -0.3 is 8.98 Å². The van der Waals surface area contributed by atoms with Gasteiger partial charge in [0, 0.05) is 16.2 Å². The van der Waals surface area contributed by atoms with Crippen LogP contribution in [-0.4, -0.2) is 4.57 Å². The van der Waals surface area contributed by atoms with Gasteiger partial charge in [-0.2, -0.15) is 0 Å². The molecule has 0 unspecified atom stereocenters. The summed E-state index contributed by atoms with van der Waals surface area (Å²) in [4.78, 5) is 0. The Morgan fingerprint density at radius 2 is 1.21 bits per heavy atom. The molecule has 2 nitrogen and oxygen atoms in total. The lowest BCUT2D eigenvalue weighted by atomic mass is 10.1. The van der Waals surface area contributed by atoms with Crippen LogP contribution in [-0.2, 0) is 0 Å². The van der Waals surface area contributed by atoms with Crippen molar-refractivity contribution < 1.29 is 4.42 Å². The second kappa shape index (κ2) is 5.78. The van der Waals surface area contributed by atoms with Crippen molar-refractivity contribution in [1.82, 2.24) is 4.57 Å². The Hall–Kier alpha value is -2.94. The summed E-state index contributed by atoms with van der Waals surface area (Å²) in [6.07, 6.45) is 0. The van der Waals surface area contributed by atoms with Crippen molar-refractivity contribution in [3.05, 3.63) is 88.9 Å². The van der Waals surface area contributed by atoms with E-state index in [0.29, 0.717) is 5.02 Å². The zero-order valence-electron chi connectivity index (χ0n) is 14.6. The Labute approximate surface area is 170 Å². The molecule has 0 fully saturated rings. The van der Waals surface area contributed by atoms with Crippen molar-refractivity contribution in [2.24, 2.45) is 0 Å². The summed E-state index contributed by atoms with van der Waals surface area (Å²) in [6.45, 7) is 0. The lowest BCUT2D eigenvalue weighted by Crippen LogP contribution is -1.94. The molecule has 6 rings (SSSR count). The van der Waals surface area contributed by atoms with Gasteiger partial charge in [-0.1, -0.05) is 59.6 Å². The summed E-state index contributed by atoms with van der Waals surface area (Å²) in [5, 5.41) is 5.54. The molecule has 6 aromatic rings. The second-order valence-corrected chi connectivity index (χ2v) is 7.67. The summed E-state index contributed by atoms with van der Waals surface area (Å²) in [5.41, 5.74) is 4.78. The number of para-hydroxylation sites is 1. The maximum Gasteiger partial charge on any atom is 0.137 e. The van der Waals surface area contributed by atoms with Crippen LogP contribution in [0.15, 0.2) is 83.3 Å². The molecule has 0 spiro atoms. The Morgan fingerprint density at radius 3 is 2.07 bits per heavy atom. The van der Waals surface area contributed by atoms with Gasteiger partial charge in [-0.05, 0) is 42.5 Å². The Balaban J connectivity index is 1.89. The molecule has 0 amide bonds. The zero-order valence-corrected chi connectivity index (χ0v) is 16.1. The highest BCUT2D eigenvalue weighted by Gasteiger charge is 2.19. The number of benzene rings is 4. The van der Waals surface area contributed by atoms with E-state index in [-0.39, 0.29) is 0 Å². The first-order chi connectivity index (χ1) is 13.7. The monoisotopic (exact) mass is 401 g/mol. The molecule has 4 heteroatoms. The van der Waals surface area contributed by atoms with E-state index in [0.717, 1.165) is 54.5 Å². The second-order valence-electron chi connectivity index (χ2n) is 6.85. The largest absolute Gasteiger partial charge is 0.456 e. The van der Waals surface area contributed by atoms with Crippen molar-refractivity contribution in [1.29, 1.82) is 0 Å². The van der Waals surface area contributed by atoms with E-state index in [4.69, 9.17) is 27.6 Å². The van der Waals surface area contributed by atoms with Crippen molar-refractivity contribution >= 4 is 66.9 Å². The molecular weight excluding hydrogens is 389 g/mol. The predicted molar refractivity (Wildman–Crippen MR) is 118 cm³/mol. The van der Waals surface area contributed by atoms with Crippen LogP contribution in [0.2, 0.25) is 10.0 Å². The number of hydrogen-bond acceptors (Lipinski definition) is 1. The SMILES string of the molecule is Clc1cccc2oc3cccc(-n4c5ccccc5c5c(Cl)cccc54)c3c12. The topological polar surface area (TPSA) is 18.1 Å². The zero-order chi connectivity index (χ0) is 18.8. The third kappa shape index (κ3) is 2.05. The minimum atomic E-state index is 0.683. The van der Waals surface area contributed by atoms with Gasteiger partial charge in [0.1, 0.15) is 11.2 Å². The number of aromatic nitrogens is 1. The molecule has 2 aromatic heterocycles. The molecule has 0 aliphatic rings. The van der Waals surface area contributed by atoms with Gasteiger partial charge >= 0.3 is 0 Å². The van der Waals surface area contributed by atoms with Crippen molar-refractivity contribution in [3.63, 3.8) is 0 Å². The highest BCUT2D eigenvalue weighted by Crippen LogP contribution is 2.41. The van der Waals surface area contributed by atoms with Gasteiger partial charge in [0.15, 0.2) is 0 Å². The van der Waals surface area contributed by atoms with E-state index >= 15 is 0 Å². The van der Waals surface area contributed by atoms with Gasteiger partial charge in [0.05, 0.1) is 32.2 Å². The molecule has 2 heterocycles.